The molecule has 132 valence electrons. The largest absolute Gasteiger partial charge is 0.491 e. The van der Waals surface area contributed by atoms with Crippen molar-refractivity contribution in [2.75, 3.05) is 18.5 Å². The van der Waals surface area contributed by atoms with Crippen molar-refractivity contribution in [3.63, 3.8) is 0 Å². The fourth-order valence-electron chi connectivity index (χ4n) is 2.24. The summed E-state index contributed by atoms with van der Waals surface area (Å²) in [5, 5.41) is 25.2. The zero-order valence-corrected chi connectivity index (χ0v) is 13.6. The van der Waals surface area contributed by atoms with Crippen LogP contribution in [0.25, 0.3) is 0 Å². The van der Waals surface area contributed by atoms with Crippen LogP contribution in [0, 0.1) is 17.0 Å². The van der Waals surface area contributed by atoms with Gasteiger partial charge in [-0.15, -0.1) is 0 Å². The number of aryl methyl sites for hydroxylation is 1. The number of amides is 1. The number of nitro benzene ring substituents is 1. The summed E-state index contributed by atoms with van der Waals surface area (Å²) in [5.74, 6) is 0.628. The fourth-order valence-corrected chi connectivity index (χ4v) is 2.24. The van der Waals surface area contributed by atoms with E-state index in [1.165, 1.54) is 6.07 Å². The van der Waals surface area contributed by atoms with Crippen LogP contribution in [0.4, 0.5) is 16.2 Å². The lowest BCUT2D eigenvalue weighted by Gasteiger charge is -2.19. The van der Waals surface area contributed by atoms with Gasteiger partial charge in [0.15, 0.2) is 0 Å². The molecule has 0 saturated carbocycles. The molecule has 0 fully saturated rings. The van der Waals surface area contributed by atoms with Gasteiger partial charge in [-0.3, -0.25) is 10.1 Å². The Morgan fingerprint density at radius 3 is 2.72 bits per heavy atom. The molecule has 0 aliphatic carbocycles. The molecule has 3 N–H and O–H groups in total. The Hall–Kier alpha value is -3.29. The van der Waals surface area contributed by atoms with Gasteiger partial charge in [-0.2, -0.15) is 0 Å². The summed E-state index contributed by atoms with van der Waals surface area (Å²) in [6.45, 7) is 2.16. The molecular formula is C17H19N3O5. The standard InChI is InChI=1S/C17H19N3O5/c1-12-5-4-6-14(9-12)25-11-13(19-17(21)22)10-18-15-7-2-3-8-16(15)20(23)24/h2-9,13,18-19H,10-11H2,1H3,(H,21,22)/t13-/m0/s1. The summed E-state index contributed by atoms with van der Waals surface area (Å²) < 4.78 is 5.62. The molecule has 2 aromatic rings. The third-order valence-electron chi connectivity index (χ3n) is 3.41. The molecule has 0 spiro atoms. The zero-order valence-electron chi connectivity index (χ0n) is 13.6. The second kappa shape index (κ2) is 8.53. The van der Waals surface area contributed by atoms with Crippen molar-refractivity contribution in [1.29, 1.82) is 0 Å². The molecular weight excluding hydrogens is 326 g/mol. The summed E-state index contributed by atoms with van der Waals surface area (Å²) >= 11 is 0. The van der Waals surface area contributed by atoms with Crippen LogP contribution < -0.4 is 15.4 Å². The lowest BCUT2D eigenvalue weighted by atomic mass is 10.2. The van der Waals surface area contributed by atoms with E-state index < -0.39 is 17.1 Å². The van der Waals surface area contributed by atoms with Crippen molar-refractivity contribution in [3.8, 4) is 5.75 Å². The number of ether oxygens (including phenoxy) is 1. The molecule has 0 unspecified atom stereocenters. The number of nitrogens with zero attached hydrogens (tertiary/aromatic N) is 1. The number of rotatable bonds is 8. The van der Waals surface area contributed by atoms with Crippen LogP contribution in [-0.2, 0) is 0 Å². The molecule has 2 rings (SSSR count). The molecule has 25 heavy (non-hydrogen) atoms. The molecule has 0 aliphatic rings. The Kier molecular flexibility index (Phi) is 6.16. The SMILES string of the molecule is Cc1cccc(OC[C@H](CNc2ccccc2[N+](=O)[O-])NC(=O)O)c1. The van der Waals surface area contributed by atoms with Crippen LogP contribution in [0.2, 0.25) is 0 Å². The fraction of sp³-hybridized carbons (Fsp3) is 0.235. The average Bonchev–Trinajstić information content (AvgIpc) is 2.57. The molecule has 0 heterocycles. The Balaban J connectivity index is 2.00. The van der Waals surface area contributed by atoms with E-state index in [9.17, 15) is 14.9 Å². The number of nitrogens with one attached hydrogen (secondary N) is 2. The van der Waals surface area contributed by atoms with Crippen molar-refractivity contribution in [2.45, 2.75) is 13.0 Å². The van der Waals surface area contributed by atoms with E-state index in [1.54, 1.807) is 24.3 Å². The lowest BCUT2D eigenvalue weighted by Crippen LogP contribution is -2.43. The number of carbonyl (C=O) groups is 1. The minimum atomic E-state index is -1.19. The van der Waals surface area contributed by atoms with Gasteiger partial charge in [0.05, 0.1) is 11.0 Å². The Morgan fingerprint density at radius 1 is 1.28 bits per heavy atom. The Morgan fingerprint density at radius 2 is 2.04 bits per heavy atom. The van der Waals surface area contributed by atoms with Gasteiger partial charge >= 0.3 is 6.09 Å². The van der Waals surface area contributed by atoms with E-state index in [4.69, 9.17) is 9.84 Å². The molecule has 8 nitrogen and oxygen atoms in total. The van der Waals surface area contributed by atoms with Crippen LogP contribution in [0.1, 0.15) is 5.56 Å². The van der Waals surface area contributed by atoms with Crippen molar-refractivity contribution in [3.05, 3.63) is 64.2 Å². The number of carboxylic acid groups (broad SMARTS) is 1. The highest BCUT2D eigenvalue weighted by Gasteiger charge is 2.16. The first kappa shape index (κ1) is 18.1. The highest BCUT2D eigenvalue weighted by atomic mass is 16.6. The molecule has 8 heteroatoms. The average molecular weight is 345 g/mol. The summed E-state index contributed by atoms with van der Waals surface area (Å²) in [6.07, 6.45) is -1.19. The predicted octanol–water partition coefficient (Wildman–Crippen LogP) is 3.03. The molecule has 2 aromatic carbocycles. The molecule has 0 saturated heterocycles. The van der Waals surface area contributed by atoms with E-state index in [-0.39, 0.29) is 18.8 Å². The van der Waals surface area contributed by atoms with E-state index in [0.29, 0.717) is 11.4 Å². The van der Waals surface area contributed by atoms with E-state index in [1.807, 2.05) is 25.1 Å². The topological polar surface area (TPSA) is 114 Å². The van der Waals surface area contributed by atoms with Crippen LogP contribution in [0.5, 0.6) is 5.75 Å². The lowest BCUT2D eigenvalue weighted by molar-refractivity contribution is -0.384. The molecule has 1 atom stereocenters. The van der Waals surface area contributed by atoms with E-state index in [2.05, 4.69) is 10.6 Å². The Labute approximate surface area is 144 Å². The second-order valence-corrected chi connectivity index (χ2v) is 5.43. The van der Waals surface area contributed by atoms with Crippen molar-refractivity contribution < 1.29 is 19.6 Å². The monoisotopic (exact) mass is 345 g/mol. The summed E-state index contributed by atoms with van der Waals surface area (Å²) in [4.78, 5) is 21.5. The maximum absolute atomic E-state index is 11.0. The number of benzene rings is 2. The van der Waals surface area contributed by atoms with Gasteiger partial charge in [-0.05, 0) is 30.7 Å². The number of hydrogen-bond acceptors (Lipinski definition) is 5. The molecule has 0 aromatic heterocycles. The normalized spacial score (nSPS) is 11.4. The maximum Gasteiger partial charge on any atom is 0.405 e. The maximum atomic E-state index is 11.0. The van der Waals surface area contributed by atoms with Gasteiger partial charge in [0, 0.05) is 12.6 Å². The minimum absolute atomic E-state index is 0.0730. The van der Waals surface area contributed by atoms with Crippen molar-refractivity contribution >= 4 is 17.5 Å². The van der Waals surface area contributed by atoms with Crippen LogP contribution >= 0.6 is 0 Å². The van der Waals surface area contributed by atoms with Crippen LogP contribution in [-0.4, -0.2) is 35.3 Å². The zero-order chi connectivity index (χ0) is 18.2. The van der Waals surface area contributed by atoms with E-state index >= 15 is 0 Å². The van der Waals surface area contributed by atoms with Crippen LogP contribution in [0.15, 0.2) is 48.5 Å². The van der Waals surface area contributed by atoms with Crippen LogP contribution in [0.3, 0.4) is 0 Å². The van der Waals surface area contributed by atoms with Gasteiger partial charge < -0.3 is 20.5 Å². The van der Waals surface area contributed by atoms with Gasteiger partial charge in [0.25, 0.3) is 5.69 Å². The quantitative estimate of drug-likeness (QED) is 0.500. The number of para-hydroxylation sites is 2. The minimum Gasteiger partial charge on any atom is -0.491 e. The summed E-state index contributed by atoms with van der Waals surface area (Å²) in [6, 6.07) is 13.0. The Bertz CT molecular complexity index is 751. The van der Waals surface area contributed by atoms with Gasteiger partial charge in [-0.1, -0.05) is 24.3 Å². The first-order valence-electron chi connectivity index (χ1n) is 7.62. The predicted molar refractivity (Wildman–Crippen MR) is 93.2 cm³/mol. The van der Waals surface area contributed by atoms with Gasteiger partial charge in [0.2, 0.25) is 0 Å². The first-order valence-corrected chi connectivity index (χ1v) is 7.62. The number of hydrogen-bond donors (Lipinski definition) is 3. The second-order valence-electron chi connectivity index (χ2n) is 5.43. The molecule has 1 amide bonds. The van der Waals surface area contributed by atoms with E-state index in [0.717, 1.165) is 5.56 Å². The highest BCUT2D eigenvalue weighted by Crippen LogP contribution is 2.23. The number of nitro groups is 1. The van der Waals surface area contributed by atoms with Gasteiger partial charge in [0.1, 0.15) is 18.0 Å². The first-order chi connectivity index (χ1) is 12.0. The molecule has 0 radical (unpaired) electrons. The van der Waals surface area contributed by atoms with Crippen molar-refractivity contribution in [1.82, 2.24) is 5.32 Å². The molecule has 0 bridgehead atoms. The van der Waals surface area contributed by atoms with Gasteiger partial charge in [-0.25, -0.2) is 4.79 Å². The number of anilines is 1. The summed E-state index contributed by atoms with van der Waals surface area (Å²) in [5.41, 5.74) is 1.27. The smallest absolute Gasteiger partial charge is 0.405 e. The third kappa shape index (κ3) is 5.69. The third-order valence-corrected chi connectivity index (χ3v) is 3.41. The highest BCUT2D eigenvalue weighted by molar-refractivity contribution is 5.65. The summed E-state index contributed by atoms with van der Waals surface area (Å²) in [7, 11) is 0. The van der Waals surface area contributed by atoms with Crippen molar-refractivity contribution in [2.24, 2.45) is 0 Å². The molecule has 0 aliphatic heterocycles.